The predicted molar refractivity (Wildman–Crippen MR) is 95.5 cm³/mol. The molecule has 4 heteroatoms. The molecule has 3 rings (SSSR count). The molecule has 0 nitrogen and oxygen atoms in total. The van der Waals surface area contributed by atoms with Crippen molar-refractivity contribution in [2.24, 2.45) is 0 Å². The molecule has 0 aromatic heterocycles. The van der Waals surface area contributed by atoms with Crippen LogP contribution in [0.1, 0.15) is 0 Å². The van der Waals surface area contributed by atoms with Gasteiger partial charge in [-0.3, -0.25) is 0 Å². The second kappa shape index (κ2) is 11.1. The summed E-state index contributed by atoms with van der Waals surface area (Å²) in [6.45, 7) is 0. The maximum atomic E-state index is 3.69. The predicted octanol–water partition coefficient (Wildman–Crippen LogP) is 1.02. The Balaban J connectivity index is 0.000000775. The number of hydrogen-bond donors (Lipinski definition) is 0. The van der Waals surface area contributed by atoms with E-state index in [2.05, 4.69) is 119 Å². The minimum atomic E-state index is -0.877. The summed E-state index contributed by atoms with van der Waals surface area (Å²) >= 11 is 6.25. The molecule has 3 aromatic carbocycles. The molecule has 0 fully saturated rings. The van der Waals surface area contributed by atoms with E-state index in [0.29, 0.717) is 0 Å². The molecular formula is C18H16Br2NiP. The standard InChI is InChI=1S/C18H15P.2BrH.Ni/c1-4-10-16(11-5-1)19(17-12-6-2-7-13-17)18-14-8-3-9-15-18;;;/h1-15H;2*1H;/q;;;+1/p-1. The van der Waals surface area contributed by atoms with Gasteiger partial charge in [-0.05, 0) is 36.4 Å². The summed E-state index contributed by atoms with van der Waals surface area (Å²) < 4.78 is 0. The van der Waals surface area contributed by atoms with Gasteiger partial charge in [-0.2, -0.15) is 0 Å². The number of benzene rings is 3. The van der Waals surface area contributed by atoms with Gasteiger partial charge in [0.25, 0.3) is 0 Å². The number of rotatable bonds is 3. The minimum absolute atomic E-state index is 0. The van der Waals surface area contributed by atoms with Crippen molar-refractivity contribution in [3.63, 3.8) is 0 Å². The SMILES string of the molecule is [Br-].[Ni][Br].c1ccc([PH+](c2ccccc2)c2ccccc2)cc1. The summed E-state index contributed by atoms with van der Waals surface area (Å²) in [5.41, 5.74) is 0. The molecule has 117 valence electrons. The van der Waals surface area contributed by atoms with Crippen molar-refractivity contribution in [1.29, 1.82) is 0 Å². The van der Waals surface area contributed by atoms with Crippen LogP contribution in [0.2, 0.25) is 0 Å². The third-order valence-corrected chi connectivity index (χ3v) is 5.92. The summed E-state index contributed by atoms with van der Waals surface area (Å²) in [6, 6.07) is 32.5. The summed E-state index contributed by atoms with van der Waals surface area (Å²) in [4.78, 5) is 0. The Kier molecular flexibility index (Phi) is 9.92. The van der Waals surface area contributed by atoms with Crippen LogP contribution in [0.25, 0.3) is 0 Å². The molecule has 0 atom stereocenters. The van der Waals surface area contributed by atoms with Crippen LogP contribution in [0.15, 0.2) is 91.0 Å². The van der Waals surface area contributed by atoms with Crippen LogP contribution in [-0.2, 0) is 13.7 Å². The molecule has 0 aliphatic heterocycles. The Bertz CT molecular complexity index is 539. The fraction of sp³-hybridized carbons (Fsp3) is 0. The van der Waals surface area contributed by atoms with E-state index in [0.717, 1.165) is 0 Å². The fourth-order valence-corrected chi connectivity index (χ4v) is 4.89. The van der Waals surface area contributed by atoms with Crippen molar-refractivity contribution in [1.82, 2.24) is 0 Å². The zero-order valence-corrected chi connectivity index (χ0v) is 16.9. The molecule has 0 amide bonds. The smallest absolute Gasteiger partial charge is 0.0620 e. The first-order valence-corrected chi connectivity index (χ1v) is 10.5. The van der Waals surface area contributed by atoms with E-state index in [1.54, 1.807) is 0 Å². The Morgan fingerprint density at radius 1 is 0.500 bits per heavy atom. The monoisotopic (exact) mass is 479 g/mol. The molecular weight excluding hydrogens is 466 g/mol. The van der Waals surface area contributed by atoms with E-state index in [1.165, 1.54) is 15.9 Å². The second-order valence-corrected chi connectivity index (χ2v) is 6.96. The summed E-state index contributed by atoms with van der Waals surface area (Å²) in [6.07, 6.45) is 0. The first-order valence-electron chi connectivity index (χ1n) is 6.60. The van der Waals surface area contributed by atoms with Gasteiger partial charge >= 0.3 is 27.9 Å². The third-order valence-electron chi connectivity index (χ3n) is 3.19. The molecule has 0 aliphatic rings. The van der Waals surface area contributed by atoms with Crippen LogP contribution in [0.3, 0.4) is 0 Å². The maximum absolute atomic E-state index is 3.69. The maximum Gasteiger partial charge on any atom is 0.102 e. The van der Waals surface area contributed by atoms with Crippen molar-refractivity contribution < 1.29 is 30.7 Å². The number of hydrogen-bond acceptors (Lipinski definition) is 0. The zero-order valence-electron chi connectivity index (χ0n) is 11.7. The van der Waals surface area contributed by atoms with Gasteiger partial charge in [-0.1, -0.05) is 54.6 Å². The summed E-state index contributed by atoms with van der Waals surface area (Å²) in [5, 5.41) is 4.31. The Morgan fingerprint density at radius 2 is 0.727 bits per heavy atom. The van der Waals surface area contributed by atoms with E-state index < -0.39 is 7.92 Å². The van der Waals surface area contributed by atoms with Gasteiger partial charge in [-0.25, -0.2) is 0 Å². The van der Waals surface area contributed by atoms with Crippen LogP contribution >= 0.6 is 22.1 Å². The Labute approximate surface area is 159 Å². The molecule has 22 heavy (non-hydrogen) atoms. The molecule has 0 saturated carbocycles. The van der Waals surface area contributed by atoms with E-state index >= 15 is 0 Å². The van der Waals surface area contributed by atoms with Crippen LogP contribution in [0.5, 0.6) is 0 Å². The van der Waals surface area contributed by atoms with Crippen LogP contribution in [-0.4, -0.2) is 0 Å². The molecule has 3 aromatic rings. The van der Waals surface area contributed by atoms with Crippen LogP contribution < -0.4 is 32.9 Å². The van der Waals surface area contributed by atoms with Crippen LogP contribution in [0, 0.1) is 0 Å². The van der Waals surface area contributed by atoms with Crippen molar-refractivity contribution in [3.05, 3.63) is 91.0 Å². The van der Waals surface area contributed by atoms with Gasteiger partial charge in [0.2, 0.25) is 0 Å². The van der Waals surface area contributed by atoms with Gasteiger partial charge in [0, 0.05) is 0 Å². The van der Waals surface area contributed by atoms with Crippen LogP contribution in [0.4, 0.5) is 0 Å². The van der Waals surface area contributed by atoms with E-state index in [9.17, 15) is 0 Å². The zero-order chi connectivity index (χ0) is 14.9. The minimum Gasteiger partial charge on any atom is -0.0620 e. The molecule has 0 heterocycles. The number of halogens is 2. The largest absolute Gasteiger partial charge is 0.102 e. The van der Waals surface area contributed by atoms with Crippen molar-refractivity contribution in [3.8, 4) is 0 Å². The fourth-order valence-electron chi connectivity index (χ4n) is 2.31. The van der Waals surface area contributed by atoms with Crippen molar-refractivity contribution in [2.45, 2.75) is 0 Å². The molecule has 0 radical (unpaired) electrons. The first kappa shape index (κ1) is 19.6. The average Bonchev–Trinajstić information content (AvgIpc) is 2.60. The molecule has 0 bridgehead atoms. The van der Waals surface area contributed by atoms with Gasteiger partial charge in [-0.15, -0.1) is 0 Å². The quantitative estimate of drug-likeness (QED) is 0.387. The van der Waals surface area contributed by atoms with Crippen molar-refractivity contribution >= 4 is 38.1 Å². The Morgan fingerprint density at radius 3 is 0.955 bits per heavy atom. The Hall–Kier alpha value is -0.456. The molecule has 0 saturated heterocycles. The topological polar surface area (TPSA) is 0 Å². The second-order valence-electron chi connectivity index (χ2n) is 4.47. The molecule has 0 N–H and O–H groups in total. The van der Waals surface area contributed by atoms with E-state index in [-0.39, 0.29) is 17.0 Å². The molecule has 0 spiro atoms. The average molecular weight is 482 g/mol. The van der Waals surface area contributed by atoms with E-state index in [1.807, 2.05) is 0 Å². The molecule has 0 aliphatic carbocycles. The van der Waals surface area contributed by atoms with Crippen molar-refractivity contribution in [2.75, 3.05) is 0 Å². The van der Waals surface area contributed by atoms with Gasteiger partial charge in [0.05, 0.1) is 7.92 Å². The summed E-state index contributed by atoms with van der Waals surface area (Å²) in [5.74, 6) is 0. The van der Waals surface area contributed by atoms with Gasteiger partial charge in [0.15, 0.2) is 0 Å². The normalized spacial score (nSPS) is 9.45. The van der Waals surface area contributed by atoms with E-state index in [4.69, 9.17) is 0 Å². The van der Waals surface area contributed by atoms with Gasteiger partial charge in [0.1, 0.15) is 15.9 Å². The van der Waals surface area contributed by atoms with Gasteiger partial charge < -0.3 is 17.0 Å². The molecule has 0 unspecified atom stereocenters. The third kappa shape index (κ3) is 5.32. The summed E-state index contributed by atoms with van der Waals surface area (Å²) in [7, 11) is -0.877. The first-order chi connectivity index (χ1) is 10.4.